The third-order valence-electron chi connectivity index (χ3n) is 5.25. The number of benzene rings is 2. The second kappa shape index (κ2) is 9.04. The molecule has 0 aliphatic carbocycles. The number of hydrogen-bond donors (Lipinski definition) is 0. The highest BCUT2D eigenvalue weighted by atomic mass is 32.2. The average Bonchev–Trinajstić information content (AvgIpc) is 3.24. The molecule has 0 saturated carbocycles. The van der Waals surface area contributed by atoms with E-state index in [-0.39, 0.29) is 5.63 Å². The molecule has 0 bridgehead atoms. The van der Waals surface area contributed by atoms with Gasteiger partial charge in [-0.3, -0.25) is 0 Å². The summed E-state index contributed by atoms with van der Waals surface area (Å²) in [5, 5.41) is 13.6. The minimum Gasteiger partial charge on any atom is -0.497 e. The number of hydrogen-bond acceptors (Lipinski definition) is 8. The van der Waals surface area contributed by atoms with E-state index in [1.165, 1.54) is 23.4 Å². The van der Waals surface area contributed by atoms with Crippen LogP contribution in [0.25, 0.3) is 16.7 Å². The van der Waals surface area contributed by atoms with Gasteiger partial charge in [0.15, 0.2) is 0 Å². The van der Waals surface area contributed by atoms with Crippen molar-refractivity contribution in [3.8, 4) is 17.2 Å². The third-order valence-corrected chi connectivity index (χ3v) is 6.22. The highest BCUT2D eigenvalue weighted by Gasteiger charge is 2.17. The Labute approximate surface area is 189 Å². The van der Waals surface area contributed by atoms with Gasteiger partial charge >= 0.3 is 5.63 Å². The smallest absolute Gasteiger partial charge is 0.336 e. The molecular weight excluding hydrogens is 428 g/mol. The van der Waals surface area contributed by atoms with E-state index in [1.54, 1.807) is 25.0 Å². The molecule has 32 heavy (non-hydrogen) atoms. The molecule has 2 heterocycles. The zero-order valence-electron chi connectivity index (χ0n) is 18.6. The zero-order chi connectivity index (χ0) is 22.8. The number of fused-ring (bicyclic) bond motifs is 1. The van der Waals surface area contributed by atoms with Crippen molar-refractivity contribution < 1.29 is 13.9 Å². The highest BCUT2D eigenvalue weighted by molar-refractivity contribution is 7.98. The van der Waals surface area contributed by atoms with Gasteiger partial charge in [0.1, 0.15) is 22.8 Å². The normalized spacial score (nSPS) is 11.3. The Morgan fingerprint density at radius 2 is 1.94 bits per heavy atom. The van der Waals surface area contributed by atoms with Crippen molar-refractivity contribution in [3.05, 3.63) is 63.5 Å². The second-order valence-corrected chi connectivity index (χ2v) is 8.59. The van der Waals surface area contributed by atoms with Crippen LogP contribution in [0.1, 0.15) is 36.5 Å². The lowest BCUT2D eigenvalue weighted by Gasteiger charge is -2.13. The fraction of sp³-hybridized carbons (Fsp3) is 0.304. The van der Waals surface area contributed by atoms with E-state index in [0.717, 1.165) is 16.5 Å². The largest absolute Gasteiger partial charge is 0.497 e. The first-order valence-corrected chi connectivity index (χ1v) is 11.1. The van der Waals surface area contributed by atoms with Crippen LogP contribution >= 0.6 is 11.8 Å². The van der Waals surface area contributed by atoms with Gasteiger partial charge in [0.25, 0.3) is 0 Å². The quantitative estimate of drug-likeness (QED) is 0.299. The van der Waals surface area contributed by atoms with Gasteiger partial charge in [-0.25, -0.2) is 4.79 Å². The Morgan fingerprint density at radius 3 is 2.66 bits per heavy atom. The van der Waals surface area contributed by atoms with Crippen LogP contribution in [0, 0.1) is 6.92 Å². The minimum atomic E-state index is -0.376. The molecule has 0 radical (unpaired) electrons. The highest BCUT2D eigenvalue weighted by Crippen LogP contribution is 2.33. The van der Waals surface area contributed by atoms with Crippen molar-refractivity contribution in [3.63, 3.8) is 0 Å². The Hall–Kier alpha value is -3.33. The van der Waals surface area contributed by atoms with Crippen LogP contribution in [-0.2, 0) is 5.75 Å². The number of aromatic nitrogens is 4. The van der Waals surface area contributed by atoms with Crippen LogP contribution in [0.15, 0.2) is 50.8 Å². The van der Waals surface area contributed by atoms with Crippen LogP contribution in [-0.4, -0.2) is 34.4 Å². The first-order valence-electron chi connectivity index (χ1n) is 10.1. The van der Waals surface area contributed by atoms with E-state index in [9.17, 15) is 4.79 Å². The molecule has 9 heteroatoms. The summed E-state index contributed by atoms with van der Waals surface area (Å²) in [6, 6.07) is 11.0. The molecule has 2 aromatic heterocycles. The summed E-state index contributed by atoms with van der Waals surface area (Å²) in [6.45, 7) is 6.33. The predicted octanol–water partition coefficient (Wildman–Crippen LogP) is 4.51. The summed E-state index contributed by atoms with van der Waals surface area (Å²) < 4.78 is 17.9. The third kappa shape index (κ3) is 4.20. The van der Waals surface area contributed by atoms with Crippen LogP contribution in [0.3, 0.4) is 0 Å². The predicted molar refractivity (Wildman–Crippen MR) is 123 cm³/mol. The van der Waals surface area contributed by atoms with Crippen LogP contribution in [0.2, 0.25) is 0 Å². The van der Waals surface area contributed by atoms with E-state index in [0.29, 0.717) is 39.6 Å². The van der Waals surface area contributed by atoms with Crippen molar-refractivity contribution in [1.82, 2.24) is 20.2 Å². The molecule has 4 aromatic rings. The van der Waals surface area contributed by atoms with Gasteiger partial charge in [0.2, 0.25) is 5.16 Å². The van der Waals surface area contributed by atoms with Gasteiger partial charge < -0.3 is 13.9 Å². The van der Waals surface area contributed by atoms with E-state index in [1.807, 2.05) is 25.1 Å². The van der Waals surface area contributed by atoms with Crippen molar-refractivity contribution >= 4 is 22.7 Å². The average molecular weight is 453 g/mol. The van der Waals surface area contributed by atoms with Crippen LogP contribution < -0.4 is 15.1 Å². The van der Waals surface area contributed by atoms with Crippen LogP contribution in [0.4, 0.5) is 0 Å². The van der Waals surface area contributed by atoms with Gasteiger partial charge in [-0.05, 0) is 64.2 Å². The lowest BCUT2D eigenvalue weighted by atomic mass is 9.95. The Morgan fingerprint density at radius 1 is 1.12 bits per heavy atom. The van der Waals surface area contributed by atoms with Crippen molar-refractivity contribution in [1.29, 1.82) is 0 Å². The summed E-state index contributed by atoms with van der Waals surface area (Å²) in [5.74, 6) is 2.13. The molecule has 0 amide bonds. The number of aryl methyl sites for hydroxylation is 1. The number of methoxy groups -OCH3 is 2. The molecule has 0 atom stereocenters. The van der Waals surface area contributed by atoms with E-state index >= 15 is 0 Å². The molecule has 0 aliphatic heterocycles. The topological polar surface area (TPSA) is 92.3 Å². The maximum absolute atomic E-state index is 12.2. The monoisotopic (exact) mass is 452 g/mol. The molecule has 0 N–H and O–H groups in total. The Kier molecular flexibility index (Phi) is 6.18. The molecule has 2 aromatic carbocycles. The Balaban J connectivity index is 1.71. The van der Waals surface area contributed by atoms with Gasteiger partial charge in [0.05, 0.1) is 14.2 Å². The second-order valence-electron chi connectivity index (χ2n) is 7.65. The fourth-order valence-electron chi connectivity index (χ4n) is 3.66. The SMILES string of the molecule is COc1ccc(OC)c(-n2nnnc2SCc2cc(=O)oc3cc(C)c(C(C)C)cc23)c1. The first kappa shape index (κ1) is 21.9. The van der Waals surface area contributed by atoms with Gasteiger partial charge in [-0.2, -0.15) is 4.68 Å². The first-order chi connectivity index (χ1) is 15.4. The van der Waals surface area contributed by atoms with Crippen molar-refractivity contribution in [2.45, 2.75) is 37.6 Å². The molecule has 0 spiro atoms. The van der Waals surface area contributed by atoms with Gasteiger partial charge in [-0.15, -0.1) is 5.10 Å². The molecule has 0 fully saturated rings. The molecule has 0 saturated heterocycles. The lowest BCUT2D eigenvalue weighted by molar-refractivity contribution is 0.399. The van der Waals surface area contributed by atoms with E-state index in [4.69, 9.17) is 13.9 Å². The maximum atomic E-state index is 12.2. The molecular formula is C23H24N4O4S. The van der Waals surface area contributed by atoms with Gasteiger partial charge in [-0.1, -0.05) is 25.6 Å². The molecule has 166 valence electrons. The number of rotatable bonds is 7. The number of tetrazole rings is 1. The zero-order valence-corrected chi connectivity index (χ0v) is 19.4. The minimum absolute atomic E-state index is 0.361. The summed E-state index contributed by atoms with van der Waals surface area (Å²) in [6.07, 6.45) is 0. The molecule has 0 unspecified atom stereocenters. The number of ether oxygens (including phenoxy) is 2. The summed E-state index contributed by atoms with van der Waals surface area (Å²) in [5.41, 5.74) is 4.07. The number of nitrogens with zero attached hydrogens (tertiary/aromatic N) is 4. The molecule has 0 aliphatic rings. The van der Waals surface area contributed by atoms with E-state index in [2.05, 4.69) is 35.4 Å². The number of thioether (sulfide) groups is 1. The van der Waals surface area contributed by atoms with Crippen molar-refractivity contribution in [2.24, 2.45) is 0 Å². The van der Waals surface area contributed by atoms with E-state index < -0.39 is 0 Å². The molecule has 8 nitrogen and oxygen atoms in total. The standard InChI is InChI=1S/C23H24N4O4S/c1-13(2)17-11-18-15(9-22(28)31-21(18)8-14(17)3)12-32-23-24-25-26-27(23)19-10-16(29-4)6-7-20(19)30-5/h6-11,13H,12H2,1-5H3. The summed E-state index contributed by atoms with van der Waals surface area (Å²) >= 11 is 1.43. The summed E-state index contributed by atoms with van der Waals surface area (Å²) in [4.78, 5) is 12.2. The Bertz CT molecular complexity index is 1330. The molecule has 4 rings (SSSR count). The summed E-state index contributed by atoms with van der Waals surface area (Å²) in [7, 11) is 3.19. The lowest BCUT2D eigenvalue weighted by Crippen LogP contribution is -2.04. The fourth-order valence-corrected chi connectivity index (χ4v) is 4.53. The van der Waals surface area contributed by atoms with Crippen molar-refractivity contribution in [2.75, 3.05) is 14.2 Å². The maximum Gasteiger partial charge on any atom is 0.336 e. The van der Waals surface area contributed by atoms with Crippen LogP contribution in [0.5, 0.6) is 11.5 Å². The van der Waals surface area contributed by atoms with Gasteiger partial charge in [0, 0.05) is 23.3 Å².